The Kier molecular flexibility index (Phi) is 4.64. The molecule has 0 amide bonds. The number of furan rings is 1. The van der Waals surface area contributed by atoms with Gasteiger partial charge >= 0.3 is 0 Å². The van der Waals surface area contributed by atoms with Gasteiger partial charge in [-0.3, -0.25) is 0 Å². The number of thiophene rings is 1. The van der Waals surface area contributed by atoms with Gasteiger partial charge in [-0.1, -0.05) is 6.07 Å². The quantitative estimate of drug-likeness (QED) is 0.884. The molecule has 110 valence electrons. The lowest BCUT2D eigenvalue weighted by Crippen LogP contribution is -2.29. The van der Waals surface area contributed by atoms with Crippen molar-refractivity contribution in [3.8, 4) is 0 Å². The van der Waals surface area contributed by atoms with E-state index in [4.69, 9.17) is 10.2 Å². The van der Waals surface area contributed by atoms with Crippen molar-refractivity contribution in [1.82, 2.24) is 4.31 Å². The first-order valence-corrected chi connectivity index (χ1v) is 8.55. The van der Waals surface area contributed by atoms with Gasteiger partial charge in [-0.05, 0) is 24.8 Å². The number of nitrogens with two attached hydrogens (primary N) is 1. The normalized spacial score (nSPS) is 12.2. The smallest absolute Gasteiger partial charge is 0.246 e. The van der Waals surface area contributed by atoms with E-state index >= 15 is 0 Å². The van der Waals surface area contributed by atoms with Crippen LogP contribution in [-0.2, 0) is 23.0 Å². The number of hydrogen-bond donors (Lipinski definition) is 1. The molecular weight excluding hydrogens is 296 g/mol. The van der Waals surface area contributed by atoms with Gasteiger partial charge in [0.25, 0.3) is 0 Å². The highest BCUT2D eigenvalue weighted by Crippen LogP contribution is 2.23. The lowest BCUT2D eigenvalue weighted by atomic mass is 10.3. The number of sulfonamides is 1. The fraction of sp³-hybridized carbons (Fsp3) is 0.385. The van der Waals surface area contributed by atoms with Gasteiger partial charge in [0.05, 0.1) is 6.54 Å². The van der Waals surface area contributed by atoms with Crippen molar-refractivity contribution in [1.29, 1.82) is 0 Å². The topological polar surface area (TPSA) is 76.5 Å². The van der Waals surface area contributed by atoms with Gasteiger partial charge in [0.15, 0.2) is 0 Å². The summed E-state index contributed by atoms with van der Waals surface area (Å²) >= 11 is 1.63. The van der Waals surface area contributed by atoms with Gasteiger partial charge in [-0.25, -0.2) is 12.7 Å². The Balaban J connectivity index is 2.14. The molecule has 0 fully saturated rings. The number of nitrogens with zero attached hydrogens (tertiary/aromatic N) is 1. The molecule has 0 aromatic carbocycles. The van der Waals surface area contributed by atoms with E-state index in [1.807, 2.05) is 17.5 Å². The van der Waals surface area contributed by atoms with Crippen molar-refractivity contribution in [2.45, 2.75) is 24.8 Å². The van der Waals surface area contributed by atoms with Gasteiger partial charge in [0.2, 0.25) is 10.0 Å². The van der Waals surface area contributed by atoms with Crippen molar-refractivity contribution in [3.05, 3.63) is 40.0 Å². The maximum absolute atomic E-state index is 12.5. The molecule has 0 aliphatic carbocycles. The average Bonchev–Trinajstić information content (AvgIpc) is 3.04. The zero-order chi connectivity index (χ0) is 14.8. The summed E-state index contributed by atoms with van der Waals surface area (Å²) in [5, 5.41) is 1.98. The van der Waals surface area contributed by atoms with Crippen molar-refractivity contribution in [2.24, 2.45) is 5.73 Å². The first-order valence-electron chi connectivity index (χ1n) is 6.23. The third-order valence-electron chi connectivity index (χ3n) is 3.07. The van der Waals surface area contributed by atoms with Crippen LogP contribution in [0.2, 0.25) is 0 Å². The van der Waals surface area contributed by atoms with Crippen LogP contribution in [0.3, 0.4) is 0 Å². The third kappa shape index (κ3) is 3.12. The van der Waals surface area contributed by atoms with E-state index < -0.39 is 10.0 Å². The standard InChI is InChI=1S/C13H18N2O3S2/c1-10-13(8-11(9-14)18-10)20(16,17)15(2)6-5-12-4-3-7-19-12/h3-4,7-8H,5-6,9,14H2,1-2H3. The molecule has 2 aromatic rings. The summed E-state index contributed by atoms with van der Waals surface area (Å²) in [6.45, 7) is 2.26. The average molecular weight is 314 g/mol. The minimum absolute atomic E-state index is 0.190. The predicted molar refractivity (Wildman–Crippen MR) is 79.2 cm³/mol. The van der Waals surface area contributed by atoms with Crippen LogP contribution in [-0.4, -0.2) is 26.3 Å². The molecule has 0 radical (unpaired) electrons. The van der Waals surface area contributed by atoms with E-state index in [0.717, 1.165) is 0 Å². The number of aryl methyl sites for hydroxylation is 1. The summed E-state index contributed by atoms with van der Waals surface area (Å²) in [6, 6.07) is 5.47. The predicted octanol–water partition coefficient (Wildman–Crippen LogP) is 1.97. The number of hydrogen-bond acceptors (Lipinski definition) is 5. The molecule has 7 heteroatoms. The summed E-state index contributed by atoms with van der Waals surface area (Å²) in [6.07, 6.45) is 0.702. The van der Waals surface area contributed by atoms with Crippen molar-refractivity contribution >= 4 is 21.4 Å². The van der Waals surface area contributed by atoms with Crippen LogP contribution in [0.25, 0.3) is 0 Å². The third-order valence-corrected chi connectivity index (χ3v) is 5.97. The highest BCUT2D eigenvalue weighted by Gasteiger charge is 2.25. The molecular formula is C13H18N2O3S2. The summed E-state index contributed by atoms with van der Waals surface area (Å²) in [4.78, 5) is 1.37. The lowest BCUT2D eigenvalue weighted by Gasteiger charge is -2.15. The van der Waals surface area contributed by atoms with Crippen molar-refractivity contribution in [3.63, 3.8) is 0 Å². The Morgan fingerprint density at radius 1 is 1.45 bits per heavy atom. The summed E-state index contributed by atoms with van der Waals surface area (Å²) in [5.74, 6) is 0.862. The maximum atomic E-state index is 12.5. The van der Waals surface area contributed by atoms with Gasteiger partial charge < -0.3 is 10.2 Å². The second-order valence-electron chi connectivity index (χ2n) is 4.49. The van der Waals surface area contributed by atoms with Crippen LogP contribution < -0.4 is 5.73 Å². The Bertz CT molecular complexity index is 660. The van der Waals surface area contributed by atoms with Crippen LogP contribution in [0.1, 0.15) is 16.4 Å². The van der Waals surface area contributed by atoms with E-state index in [9.17, 15) is 8.42 Å². The van der Waals surface area contributed by atoms with E-state index in [-0.39, 0.29) is 11.4 Å². The van der Waals surface area contributed by atoms with E-state index in [1.54, 1.807) is 25.3 Å². The molecule has 2 N–H and O–H groups in total. The highest BCUT2D eigenvalue weighted by atomic mass is 32.2. The monoisotopic (exact) mass is 314 g/mol. The molecule has 0 aliphatic rings. The Hall–Kier alpha value is -1.15. The largest absolute Gasteiger partial charge is 0.464 e. The van der Waals surface area contributed by atoms with Gasteiger partial charge in [-0.2, -0.15) is 0 Å². The second kappa shape index (κ2) is 6.09. The molecule has 2 rings (SSSR count). The zero-order valence-corrected chi connectivity index (χ0v) is 13.1. The fourth-order valence-corrected chi connectivity index (χ4v) is 3.94. The fourth-order valence-electron chi connectivity index (χ4n) is 1.89. The van der Waals surface area contributed by atoms with Crippen LogP contribution >= 0.6 is 11.3 Å². The molecule has 0 saturated heterocycles. The lowest BCUT2D eigenvalue weighted by molar-refractivity contribution is 0.461. The highest BCUT2D eigenvalue weighted by molar-refractivity contribution is 7.89. The van der Waals surface area contributed by atoms with Crippen LogP contribution in [0.5, 0.6) is 0 Å². The molecule has 0 bridgehead atoms. The van der Waals surface area contributed by atoms with Crippen molar-refractivity contribution in [2.75, 3.05) is 13.6 Å². The molecule has 5 nitrogen and oxygen atoms in total. The number of rotatable bonds is 6. The first-order chi connectivity index (χ1) is 9.45. The van der Waals surface area contributed by atoms with Crippen LogP contribution in [0, 0.1) is 6.92 Å². The summed E-state index contributed by atoms with van der Waals surface area (Å²) in [7, 11) is -1.94. The first kappa shape index (κ1) is 15.2. The molecule has 0 aliphatic heterocycles. The molecule has 2 heterocycles. The van der Waals surface area contributed by atoms with E-state index in [0.29, 0.717) is 24.5 Å². The minimum atomic E-state index is -3.52. The Morgan fingerprint density at radius 2 is 2.20 bits per heavy atom. The van der Waals surface area contributed by atoms with Crippen LogP contribution in [0.15, 0.2) is 32.9 Å². The molecule has 0 atom stereocenters. The van der Waals surface area contributed by atoms with Gasteiger partial charge in [-0.15, -0.1) is 11.3 Å². The van der Waals surface area contributed by atoms with Gasteiger partial charge in [0, 0.05) is 24.5 Å². The van der Waals surface area contributed by atoms with E-state index in [1.165, 1.54) is 15.2 Å². The SMILES string of the molecule is Cc1oc(CN)cc1S(=O)(=O)N(C)CCc1cccs1. The van der Waals surface area contributed by atoms with E-state index in [2.05, 4.69) is 0 Å². The Labute approximate surface area is 123 Å². The molecule has 20 heavy (non-hydrogen) atoms. The van der Waals surface area contributed by atoms with Crippen molar-refractivity contribution < 1.29 is 12.8 Å². The summed E-state index contributed by atoms with van der Waals surface area (Å²) in [5.41, 5.74) is 5.47. The molecule has 0 unspecified atom stereocenters. The second-order valence-corrected chi connectivity index (χ2v) is 7.54. The zero-order valence-electron chi connectivity index (χ0n) is 11.5. The Morgan fingerprint density at radius 3 is 2.75 bits per heavy atom. The molecule has 0 spiro atoms. The summed E-state index contributed by atoms with van der Waals surface area (Å²) < 4.78 is 31.6. The number of likely N-dealkylation sites (N-methyl/N-ethyl adjacent to an activating group) is 1. The molecule has 2 aromatic heterocycles. The van der Waals surface area contributed by atoms with Gasteiger partial charge in [0.1, 0.15) is 16.4 Å². The van der Waals surface area contributed by atoms with Crippen LogP contribution in [0.4, 0.5) is 0 Å². The maximum Gasteiger partial charge on any atom is 0.246 e. The molecule has 0 saturated carbocycles. The minimum Gasteiger partial charge on any atom is -0.464 e.